The standard InChI is InChI=1S/C16H24N2O2/c1-10-11(2)20-12(3)15(10)16(19)18-9-14(17)13-7-5-4-6-8-13/h4-8,10-12,14-15H,9,17H2,1-3H3,(H,18,19). The molecule has 1 fully saturated rings. The van der Waals surface area contributed by atoms with Gasteiger partial charge < -0.3 is 15.8 Å². The minimum absolute atomic E-state index is 0.0343. The summed E-state index contributed by atoms with van der Waals surface area (Å²) in [6.07, 6.45) is 0.0940. The Morgan fingerprint density at radius 2 is 1.90 bits per heavy atom. The SMILES string of the molecule is CC1OC(C)C(C(=O)NCC(N)c2ccccc2)C1C. The van der Waals surface area contributed by atoms with Crippen LogP contribution in [-0.2, 0) is 9.53 Å². The molecule has 0 radical (unpaired) electrons. The summed E-state index contributed by atoms with van der Waals surface area (Å²) in [4.78, 5) is 12.3. The number of carbonyl (C=O) groups excluding carboxylic acids is 1. The van der Waals surface area contributed by atoms with Crippen molar-refractivity contribution in [2.75, 3.05) is 6.54 Å². The number of benzene rings is 1. The van der Waals surface area contributed by atoms with Crippen LogP contribution >= 0.6 is 0 Å². The molecule has 2 rings (SSSR count). The Kier molecular flexibility index (Phi) is 4.78. The summed E-state index contributed by atoms with van der Waals surface area (Å²) >= 11 is 0. The minimum Gasteiger partial charge on any atom is -0.374 e. The number of hydrogen-bond acceptors (Lipinski definition) is 3. The van der Waals surface area contributed by atoms with Crippen LogP contribution in [0, 0.1) is 11.8 Å². The summed E-state index contributed by atoms with van der Waals surface area (Å²) in [5.41, 5.74) is 7.12. The third kappa shape index (κ3) is 3.19. The highest BCUT2D eigenvalue weighted by Gasteiger charge is 2.41. The lowest BCUT2D eigenvalue weighted by atomic mass is 9.89. The normalized spacial score (nSPS) is 31.0. The van der Waals surface area contributed by atoms with Crippen molar-refractivity contribution in [2.45, 2.75) is 39.0 Å². The Morgan fingerprint density at radius 3 is 2.45 bits per heavy atom. The predicted molar refractivity (Wildman–Crippen MR) is 79.0 cm³/mol. The molecule has 110 valence electrons. The highest BCUT2D eigenvalue weighted by molar-refractivity contribution is 5.80. The zero-order valence-electron chi connectivity index (χ0n) is 12.4. The topological polar surface area (TPSA) is 64.3 Å². The van der Waals surface area contributed by atoms with Gasteiger partial charge >= 0.3 is 0 Å². The van der Waals surface area contributed by atoms with Crippen molar-refractivity contribution in [2.24, 2.45) is 17.6 Å². The average Bonchev–Trinajstić information content (AvgIpc) is 2.70. The Labute approximate surface area is 120 Å². The third-order valence-electron chi connectivity index (χ3n) is 4.27. The molecule has 1 amide bonds. The lowest BCUT2D eigenvalue weighted by Gasteiger charge is -2.20. The van der Waals surface area contributed by atoms with Crippen LogP contribution in [0.15, 0.2) is 30.3 Å². The minimum atomic E-state index is -0.175. The maximum absolute atomic E-state index is 12.3. The molecule has 1 aliphatic heterocycles. The molecular formula is C16H24N2O2. The van der Waals surface area contributed by atoms with Gasteiger partial charge in [-0.15, -0.1) is 0 Å². The van der Waals surface area contributed by atoms with E-state index < -0.39 is 0 Å². The molecule has 0 bridgehead atoms. The zero-order chi connectivity index (χ0) is 14.7. The number of nitrogens with one attached hydrogen (secondary N) is 1. The van der Waals surface area contributed by atoms with Crippen LogP contribution in [-0.4, -0.2) is 24.7 Å². The van der Waals surface area contributed by atoms with Crippen molar-refractivity contribution in [1.82, 2.24) is 5.32 Å². The quantitative estimate of drug-likeness (QED) is 0.882. The van der Waals surface area contributed by atoms with Gasteiger partial charge in [0.25, 0.3) is 0 Å². The average molecular weight is 276 g/mol. The van der Waals surface area contributed by atoms with Crippen molar-refractivity contribution in [1.29, 1.82) is 0 Å². The van der Waals surface area contributed by atoms with E-state index >= 15 is 0 Å². The van der Waals surface area contributed by atoms with Gasteiger partial charge in [0, 0.05) is 12.6 Å². The molecule has 0 aliphatic carbocycles. The summed E-state index contributed by atoms with van der Waals surface area (Å²) < 4.78 is 5.71. The number of amides is 1. The monoisotopic (exact) mass is 276 g/mol. The molecule has 4 heteroatoms. The molecule has 5 atom stereocenters. The molecule has 1 aromatic carbocycles. The lowest BCUT2D eigenvalue weighted by Crippen LogP contribution is -2.40. The van der Waals surface area contributed by atoms with E-state index in [1.165, 1.54) is 0 Å². The fraction of sp³-hybridized carbons (Fsp3) is 0.562. The van der Waals surface area contributed by atoms with Gasteiger partial charge in [0.05, 0.1) is 18.1 Å². The maximum atomic E-state index is 12.3. The Balaban J connectivity index is 1.89. The first-order valence-corrected chi connectivity index (χ1v) is 7.24. The van der Waals surface area contributed by atoms with Crippen LogP contribution in [0.5, 0.6) is 0 Å². The van der Waals surface area contributed by atoms with Crippen molar-refractivity contribution >= 4 is 5.91 Å². The van der Waals surface area contributed by atoms with Crippen LogP contribution in [0.3, 0.4) is 0 Å². The Morgan fingerprint density at radius 1 is 1.25 bits per heavy atom. The van der Waals surface area contributed by atoms with Gasteiger partial charge in [0.15, 0.2) is 0 Å². The Bertz CT molecular complexity index is 449. The van der Waals surface area contributed by atoms with Crippen molar-refractivity contribution in [3.63, 3.8) is 0 Å². The van der Waals surface area contributed by atoms with Crippen LogP contribution in [0.1, 0.15) is 32.4 Å². The van der Waals surface area contributed by atoms with E-state index in [2.05, 4.69) is 12.2 Å². The number of carbonyl (C=O) groups is 1. The highest BCUT2D eigenvalue weighted by Crippen LogP contribution is 2.32. The van der Waals surface area contributed by atoms with Crippen molar-refractivity contribution in [3.05, 3.63) is 35.9 Å². The van der Waals surface area contributed by atoms with E-state index in [0.717, 1.165) is 5.56 Å². The summed E-state index contributed by atoms with van der Waals surface area (Å²) in [6, 6.07) is 9.63. The predicted octanol–water partition coefficient (Wildman–Crippen LogP) is 1.86. The van der Waals surface area contributed by atoms with Crippen molar-refractivity contribution < 1.29 is 9.53 Å². The third-order valence-corrected chi connectivity index (χ3v) is 4.27. The van der Waals surface area contributed by atoms with Crippen molar-refractivity contribution in [3.8, 4) is 0 Å². The first-order valence-electron chi connectivity index (χ1n) is 7.24. The number of rotatable bonds is 4. The molecule has 5 unspecified atom stereocenters. The van der Waals surface area contributed by atoms with E-state index in [4.69, 9.17) is 10.5 Å². The van der Waals surface area contributed by atoms with Gasteiger partial charge in [-0.2, -0.15) is 0 Å². The molecular weight excluding hydrogens is 252 g/mol. The van der Waals surface area contributed by atoms with E-state index in [9.17, 15) is 4.79 Å². The molecule has 1 aliphatic rings. The molecule has 3 N–H and O–H groups in total. The number of ether oxygens (including phenoxy) is 1. The highest BCUT2D eigenvalue weighted by atomic mass is 16.5. The van der Waals surface area contributed by atoms with E-state index in [-0.39, 0.29) is 36.0 Å². The molecule has 0 aromatic heterocycles. The molecule has 0 saturated carbocycles. The second-order valence-corrected chi connectivity index (χ2v) is 5.69. The van der Waals surface area contributed by atoms with Crippen LogP contribution < -0.4 is 11.1 Å². The second-order valence-electron chi connectivity index (χ2n) is 5.69. The Hall–Kier alpha value is -1.39. The molecule has 1 aromatic rings. The summed E-state index contributed by atoms with van der Waals surface area (Å²) in [6.45, 7) is 6.49. The van der Waals surface area contributed by atoms with Gasteiger partial charge in [0.2, 0.25) is 5.91 Å². The van der Waals surface area contributed by atoms with Gasteiger partial charge in [-0.25, -0.2) is 0 Å². The molecule has 0 spiro atoms. The lowest BCUT2D eigenvalue weighted by molar-refractivity contribution is -0.127. The summed E-state index contributed by atoms with van der Waals surface area (Å²) in [7, 11) is 0. The summed E-state index contributed by atoms with van der Waals surface area (Å²) in [5, 5.41) is 2.96. The number of hydrogen-bond donors (Lipinski definition) is 2. The smallest absolute Gasteiger partial charge is 0.226 e. The van der Waals surface area contributed by atoms with E-state index in [1.54, 1.807) is 0 Å². The zero-order valence-corrected chi connectivity index (χ0v) is 12.4. The van der Waals surface area contributed by atoms with Crippen LogP contribution in [0.4, 0.5) is 0 Å². The summed E-state index contributed by atoms with van der Waals surface area (Å²) in [5.74, 6) is 0.187. The fourth-order valence-electron chi connectivity index (χ4n) is 2.87. The van der Waals surface area contributed by atoms with E-state index in [0.29, 0.717) is 6.54 Å². The van der Waals surface area contributed by atoms with Gasteiger partial charge in [0.1, 0.15) is 0 Å². The first kappa shape index (κ1) is 15.0. The molecule has 20 heavy (non-hydrogen) atoms. The molecule has 1 saturated heterocycles. The van der Waals surface area contributed by atoms with Gasteiger partial charge in [-0.3, -0.25) is 4.79 Å². The second kappa shape index (κ2) is 6.37. The van der Waals surface area contributed by atoms with Gasteiger partial charge in [-0.05, 0) is 25.3 Å². The number of nitrogens with two attached hydrogens (primary N) is 1. The van der Waals surface area contributed by atoms with E-state index in [1.807, 2.05) is 44.2 Å². The van der Waals surface area contributed by atoms with Crippen LogP contribution in [0.25, 0.3) is 0 Å². The molecule has 1 heterocycles. The fourth-order valence-corrected chi connectivity index (χ4v) is 2.87. The first-order chi connectivity index (χ1) is 9.50. The molecule has 4 nitrogen and oxygen atoms in total. The maximum Gasteiger partial charge on any atom is 0.226 e. The van der Waals surface area contributed by atoms with Crippen LogP contribution in [0.2, 0.25) is 0 Å². The van der Waals surface area contributed by atoms with Gasteiger partial charge in [-0.1, -0.05) is 37.3 Å². The largest absolute Gasteiger partial charge is 0.374 e.